The highest BCUT2D eigenvalue weighted by Gasteiger charge is 2.21. The molecule has 1 amide bonds. The Kier molecular flexibility index (Phi) is 6.37. The van der Waals surface area contributed by atoms with Gasteiger partial charge in [-0.1, -0.05) is 19.3 Å². The summed E-state index contributed by atoms with van der Waals surface area (Å²) < 4.78 is 31.7. The van der Waals surface area contributed by atoms with Gasteiger partial charge >= 0.3 is 0 Å². The van der Waals surface area contributed by atoms with Crippen molar-refractivity contribution in [1.82, 2.24) is 10.3 Å². The minimum absolute atomic E-state index is 0.0588. The van der Waals surface area contributed by atoms with Crippen LogP contribution in [0.25, 0.3) is 0 Å². The summed E-state index contributed by atoms with van der Waals surface area (Å²) in [4.78, 5) is 16.6. The maximum Gasteiger partial charge on any atom is 0.253 e. The van der Waals surface area contributed by atoms with Crippen molar-refractivity contribution < 1.29 is 18.3 Å². The van der Waals surface area contributed by atoms with Crippen LogP contribution in [-0.4, -0.2) is 16.9 Å². The van der Waals surface area contributed by atoms with Gasteiger partial charge in [0, 0.05) is 30.4 Å². The number of hydrogen-bond acceptors (Lipinski definition) is 3. The highest BCUT2D eigenvalue weighted by atomic mass is 19.1. The Morgan fingerprint density at radius 1 is 1.19 bits per heavy atom. The molecule has 1 saturated carbocycles. The Labute approximate surface area is 158 Å². The smallest absolute Gasteiger partial charge is 0.253 e. The number of nitrogens with one attached hydrogen (secondary N) is 1. The van der Waals surface area contributed by atoms with Crippen LogP contribution in [-0.2, 0) is 6.61 Å². The number of rotatable bonds is 6. The van der Waals surface area contributed by atoms with Crippen molar-refractivity contribution in [3.63, 3.8) is 0 Å². The van der Waals surface area contributed by atoms with Gasteiger partial charge in [0.25, 0.3) is 5.91 Å². The van der Waals surface area contributed by atoms with Crippen LogP contribution in [0.5, 0.6) is 5.75 Å². The lowest BCUT2D eigenvalue weighted by Gasteiger charge is -2.28. The van der Waals surface area contributed by atoms with E-state index in [1.807, 2.05) is 0 Å². The van der Waals surface area contributed by atoms with Crippen molar-refractivity contribution in [1.29, 1.82) is 0 Å². The van der Waals surface area contributed by atoms with Gasteiger partial charge in [-0.3, -0.25) is 9.78 Å². The molecule has 1 atom stereocenters. The standard InChI is InChI=1S/C21H24F2N2O2/c1-14(15-5-3-2-4-6-15)25-21(26)16-7-8-19(24-12-16)13-27-20-10-17(22)9-18(23)11-20/h7-12,14-15H,2-6,13H2,1H3,(H,25,26). The predicted octanol–water partition coefficient (Wildman–Crippen LogP) is 4.64. The Balaban J connectivity index is 1.53. The van der Waals surface area contributed by atoms with Gasteiger partial charge in [0.15, 0.2) is 0 Å². The van der Waals surface area contributed by atoms with Gasteiger partial charge in [0.1, 0.15) is 24.0 Å². The number of nitrogens with zero attached hydrogens (tertiary/aromatic N) is 1. The average Bonchev–Trinajstić information content (AvgIpc) is 2.66. The van der Waals surface area contributed by atoms with Crippen LogP contribution in [0.4, 0.5) is 8.78 Å². The van der Waals surface area contributed by atoms with E-state index in [0.717, 1.165) is 31.0 Å². The van der Waals surface area contributed by atoms with Crippen LogP contribution >= 0.6 is 0 Å². The van der Waals surface area contributed by atoms with Crippen molar-refractivity contribution in [3.05, 3.63) is 59.4 Å². The number of carbonyl (C=O) groups is 1. The molecular weight excluding hydrogens is 350 g/mol. The van der Waals surface area contributed by atoms with Crippen LogP contribution in [0.2, 0.25) is 0 Å². The van der Waals surface area contributed by atoms with Crippen molar-refractivity contribution >= 4 is 5.91 Å². The molecule has 27 heavy (non-hydrogen) atoms. The summed E-state index contributed by atoms with van der Waals surface area (Å²) in [5, 5.41) is 3.06. The zero-order valence-corrected chi connectivity index (χ0v) is 15.4. The Hall–Kier alpha value is -2.50. The van der Waals surface area contributed by atoms with E-state index in [0.29, 0.717) is 17.2 Å². The molecule has 0 aliphatic heterocycles. The van der Waals surface area contributed by atoms with Crippen molar-refractivity contribution in [2.24, 2.45) is 5.92 Å². The normalized spacial score (nSPS) is 16.0. The maximum atomic E-state index is 13.2. The van der Waals surface area contributed by atoms with Crippen molar-refractivity contribution in [2.75, 3.05) is 0 Å². The third-order valence-electron chi connectivity index (χ3n) is 5.03. The Bertz CT molecular complexity index is 754. The SMILES string of the molecule is CC(NC(=O)c1ccc(COc2cc(F)cc(F)c2)nc1)C1CCCCC1. The van der Waals surface area contributed by atoms with E-state index in [-0.39, 0.29) is 24.3 Å². The summed E-state index contributed by atoms with van der Waals surface area (Å²) in [5.41, 5.74) is 1.05. The second-order valence-corrected chi connectivity index (χ2v) is 7.09. The molecule has 1 aromatic carbocycles. The highest BCUT2D eigenvalue weighted by molar-refractivity contribution is 5.94. The van der Waals surface area contributed by atoms with E-state index in [4.69, 9.17) is 4.74 Å². The number of hydrogen-bond donors (Lipinski definition) is 1. The summed E-state index contributed by atoms with van der Waals surface area (Å²) in [5.74, 6) is -0.901. The number of ether oxygens (including phenoxy) is 1. The third-order valence-corrected chi connectivity index (χ3v) is 5.03. The molecule has 144 valence electrons. The number of halogens is 2. The maximum absolute atomic E-state index is 13.2. The molecule has 1 aromatic heterocycles. The van der Waals surface area contributed by atoms with Crippen LogP contribution in [0.15, 0.2) is 36.5 Å². The second-order valence-electron chi connectivity index (χ2n) is 7.09. The van der Waals surface area contributed by atoms with E-state index in [2.05, 4.69) is 17.2 Å². The van der Waals surface area contributed by atoms with Gasteiger partial charge in [-0.05, 0) is 37.8 Å². The lowest BCUT2D eigenvalue weighted by atomic mass is 9.84. The first-order valence-electron chi connectivity index (χ1n) is 9.36. The largest absolute Gasteiger partial charge is 0.487 e. The molecule has 1 N–H and O–H groups in total. The molecule has 0 radical (unpaired) electrons. The number of carbonyl (C=O) groups excluding carboxylic acids is 1. The molecule has 2 aromatic rings. The molecule has 0 spiro atoms. The van der Waals surface area contributed by atoms with E-state index < -0.39 is 11.6 Å². The lowest BCUT2D eigenvalue weighted by molar-refractivity contribution is 0.0919. The summed E-state index contributed by atoms with van der Waals surface area (Å²) in [6, 6.07) is 6.50. The van der Waals surface area contributed by atoms with Crippen LogP contribution in [0.1, 0.15) is 55.1 Å². The molecule has 1 unspecified atom stereocenters. The average molecular weight is 374 g/mol. The van der Waals surface area contributed by atoms with E-state index in [1.54, 1.807) is 12.1 Å². The van der Waals surface area contributed by atoms with Gasteiger partial charge in [-0.2, -0.15) is 0 Å². The van der Waals surface area contributed by atoms with Crippen LogP contribution in [0, 0.1) is 17.6 Å². The van der Waals surface area contributed by atoms with E-state index in [1.165, 1.54) is 25.5 Å². The number of aromatic nitrogens is 1. The fraction of sp³-hybridized carbons (Fsp3) is 0.429. The zero-order chi connectivity index (χ0) is 19.2. The summed E-state index contributed by atoms with van der Waals surface area (Å²) in [6.07, 6.45) is 7.57. The minimum Gasteiger partial charge on any atom is -0.487 e. The molecule has 4 nitrogen and oxygen atoms in total. The van der Waals surface area contributed by atoms with Gasteiger partial charge < -0.3 is 10.1 Å². The summed E-state index contributed by atoms with van der Waals surface area (Å²) >= 11 is 0. The molecule has 6 heteroatoms. The van der Waals surface area contributed by atoms with Crippen LogP contribution in [0.3, 0.4) is 0 Å². The molecule has 1 aliphatic carbocycles. The van der Waals surface area contributed by atoms with Gasteiger partial charge in [0.05, 0.1) is 11.3 Å². The van der Waals surface area contributed by atoms with Gasteiger partial charge in [0.2, 0.25) is 0 Å². The Morgan fingerprint density at radius 2 is 1.89 bits per heavy atom. The number of benzene rings is 1. The number of pyridine rings is 1. The quantitative estimate of drug-likeness (QED) is 0.802. The van der Waals surface area contributed by atoms with E-state index >= 15 is 0 Å². The second kappa shape index (κ2) is 8.93. The first-order chi connectivity index (χ1) is 13.0. The molecule has 0 saturated heterocycles. The van der Waals surface area contributed by atoms with Crippen molar-refractivity contribution in [2.45, 2.75) is 51.7 Å². The molecule has 1 heterocycles. The monoisotopic (exact) mass is 374 g/mol. The highest BCUT2D eigenvalue weighted by Crippen LogP contribution is 2.26. The summed E-state index contributed by atoms with van der Waals surface area (Å²) in [6.45, 7) is 2.12. The zero-order valence-electron chi connectivity index (χ0n) is 15.4. The minimum atomic E-state index is -0.697. The molecule has 0 bridgehead atoms. The van der Waals surface area contributed by atoms with Gasteiger partial charge in [-0.15, -0.1) is 0 Å². The van der Waals surface area contributed by atoms with Crippen LogP contribution < -0.4 is 10.1 Å². The molecule has 1 fully saturated rings. The first kappa shape index (κ1) is 19.3. The molecular formula is C21H24F2N2O2. The predicted molar refractivity (Wildman–Crippen MR) is 98.4 cm³/mol. The molecule has 3 rings (SSSR count). The van der Waals surface area contributed by atoms with Gasteiger partial charge in [-0.25, -0.2) is 8.78 Å². The Morgan fingerprint density at radius 3 is 2.52 bits per heavy atom. The molecule has 1 aliphatic rings. The first-order valence-corrected chi connectivity index (χ1v) is 9.36. The third kappa shape index (κ3) is 5.49. The fourth-order valence-electron chi connectivity index (χ4n) is 3.46. The number of amides is 1. The lowest BCUT2D eigenvalue weighted by Crippen LogP contribution is -2.38. The summed E-state index contributed by atoms with van der Waals surface area (Å²) in [7, 11) is 0. The topological polar surface area (TPSA) is 51.2 Å². The van der Waals surface area contributed by atoms with Crippen molar-refractivity contribution in [3.8, 4) is 5.75 Å². The fourth-order valence-corrected chi connectivity index (χ4v) is 3.46. The van der Waals surface area contributed by atoms with E-state index in [9.17, 15) is 13.6 Å².